The van der Waals surface area contributed by atoms with Crippen molar-refractivity contribution in [1.29, 1.82) is 0 Å². The number of benzene rings is 2. The Morgan fingerprint density at radius 2 is 1.78 bits per heavy atom. The Morgan fingerprint density at radius 3 is 2.44 bits per heavy atom. The molecule has 18 heavy (non-hydrogen) atoms. The van der Waals surface area contributed by atoms with E-state index < -0.39 is 0 Å². The number of para-hydroxylation sites is 1. The summed E-state index contributed by atoms with van der Waals surface area (Å²) in [6, 6.07) is 16.9. The lowest BCUT2D eigenvalue weighted by atomic mass is 10.1. The minimum Gasteiger partial charge on any atom is -0.344 e. The molecule has 2 heteroatoms. The highest BCUT2D eigenvalue weighted by Crippen LogP contribution is 2.27. The van der Waals surface area contributed by atoms with Gasteiger partial charge < -0.3 is 10.6 Å². The Hall–Kier alpha value is -1.80. The molecule has 2 aromatic carbocycles. The molecule has 0 aliphatic carbocycles. The van der Waals surface area contributed by atoms with Crippen molar-refractivity contribution >= 4 is 11.4 Å². The molecule has 0 aromatic heterocycles. The minimum absolute atomic E-state index is 0.680. The molecular weight excluding hydrogens is 220 g/mol. The Morgan fingerprint density at radius 1 is 1.06 bits per heavy atom. The first-order valence-corrected chi connectivity index (χ1v) is 6.30. The van der Waals surface area contributed by atoms with Gasteiger partial charge in [-0.3, -0.25) is 0 Å². The van der Waals surface area contributed by atoms with Gasteiger partial charge in [0.05, 0.1) is 0 Å². The zero-order valence-electron chi connectivity index (χ0n) is 11.1. The van der Waals surface area contributed by atoms with E-state index in [-0.39, 0.29) is 0 Å². The van der Waals surface area contributed by atoms with Gasteiger partial charge in [-0.05, 0) is 43.7 Å². The molecule has 0 spiro atoms. The highest BCUT2D eigenvalue weighted by molar-refractivity contribution is 5.66. The third-order valence-corrected chi connectivity index (χ3v) is 3.15. The smallest absolute Gasteiger partial charge is 0.0441 e. The molecule has 2 nitrogen and oxygen atoms in total. The predicted octanol–water partition coefficient (Wildman–Crippen LogP) is 3.26. The number of anilines is 2. The quantitative estimate of drug-likeness (QED) is 0.888. The average Bonchev–Trinajstić information content (AvgIpc) is 2.40. The van der Waals surface area contributed by atoms with Crippen molar-refractivity contribution < 1.29 is 0 Å². The maximum Gasteiger partial charge on any atom is 0.0441 e. The molecule has 0 bridgehead atoms. The molecule has 0 heterocycles. The van der Waals surface area contributed by atoms with Gasteiger partial charge in [0.15, 0.2) is 0 Å². The Labute approximate surface area is 109 Å². The van der Waals surface area contributed by atoms with Gasteiger partial charge in [0.2, 0.25) is 0 Å². The molecule has 0 unspecified atom stereocenters. The lowest BCUT2D eigenvalue weighted by molar-refractivity contribution is 0.958. The van der Waals surface area contributed by atoms with Crippen LogP contribution in [0.2, 0.25) is 0 Å². The molecule has 0 atom stereocenters. The van der Waals surface area contributed by atoms with Crippen LogP contribution in [0.3, 0.4) is 0 Å². The number of rotatable bonds is 4. The van der Waals surface area contributed by atoms with Crippen LogP contribution in [-0.4, -0.2) is 13.6 Å². The Kier molecular flexibility index (Phi) is 4.00. The summed E-state index contributed by atoms with van der Waals surface area (Å²) in [5, 5.41) is 0. The van der Waals surface area contributed by atoms with E-state index in [4.69, 9.17) is 5.73 Å². The highest BCUT2D eigenvalue weighted by atomic mass is 15.1. The summed E-state index contributed by atoms with van der Waals surface area (Å²) in [5.74, 6) is 0. The van der Waals surface area contributed by atoms with Crippen LogP contribution >= 0.6 is 0 Å². The maximum absolute atomic E-state index is 5.70. The van der Waals surface area contributed by atoms with E-state index in [1.165, 1.54) is 22.5 Å². The molecule has 94 valence electrons. The molecule has 2 aromatic rings. The maximum atomic E-state index is 5.70. The summed E-state index contributed by atoms with van der Waals surface area (Å²) < 4.78 is 0. The van der Waals surface area contributed by atoms with Crippen molar-refractivity contribution in [3.63, 3.8) is 0 Å². The molecule has 0 saturated heterocycles. The Balaban J connectivity index is 2.38. The lowest BCUT2D eigenvalue weighted by Gasteiger charge is -2.23. The first-order chi connectivity index (χ1) is 8.72. The summed E-state index contributed by atoms with van der Waals surface area (Å²) >= 11 is 0. The summed E-state index contributed by atoms with van der Waals surface area (Å²) in [6.07, 6.45) is 0.911. The molecule has 0 radical (unpaired) electrons. The fourth-order valence-corrected chi connectivity index (χ4v) is 2.19. The monoisotopic (exact) mass is 240 g/mol. The second kappa shape index (κ2) is 5.69. The topological polar surface area (TPSA) is 29.3 Å². The summed E-state index contributed by atoms with van der Waals surface area (Å²) in [5.41, 5.74) is 10.7. The third-order valence-electron chi connectivity index (χ3n) is 3.15. The molecule has 2 rings (SSSR count). The van der Waals surface area contributed by atoms with Crippen molar-refractivity contribution in [2.75, 3.05) is 18.5 Å². The number of aryl methyl sites for hydroxylation is 1. The first kappa shape index (κ1) is 12.7. The molecule has 0 saturated carbocycles. The zero-order chi connectivity index (χ0) is 13.0. The van der Waals surface area contributed by atoms with Gasteiger partial charge in [-0.15, -0.1) is 0 Å². The van der Waals surface area contributed by atoms with Gasteiger partial charge in [0.1, 0.15) is 0 Å². The highest BCUT2D eigenvalue weighted by Gasteiger charge is 2.08. The number of nitrogens with two attached hydrogens (primary N) is 1. The van der Waals surface area contributed by atoms with Crippen LogP contribution in [0.1, 0.15) is 11.1 Å². The standard InChI is InChI=1S/C16H20N2/c1-13-8-9-16(14(12-13)10-11-17)18(2)15-6-4-3-5-7-15/h3-9,12H,10-11,17H2,1-2H3. The number of hydrogen-bond donors (Lipinski definition) is 1. The number of hydrogen-bond acceptors (Lipinski definition) is 2. The van der Waals surface area contributed by atoms with E-state index >= 15 is 0 Å². The molecular formula is C16H20N2. The zero-order valence-corrected chi connectivity index (χ0v) is 11.1. The van der Waals surface area contributed by atoms with Crippen LogP contribution in [0, 0.1) is 6.92 Å². The van der Waals surface area contributed by atoms with Gasteiger partial charge in [0, 0.05) is 18.4 Å². The van der Waals surface area contributed by atoms with Gasteiger partial charge in [-0.25, -0.2) is 0 Å². The fourth-order valence-electron chi connectivity index (χ4n) is 2.19. The van der Waals surface area contributed by atoms with E-state index in [9.17, 15) is 0 Å². The Bertz CT molecular complexity index is 506. The largest absolute Gasteiger partial charge is 0.344 e. The van der Waals surface area contributed by atoms with Gasteiger partial charge in [-0.2, -0.15) is 0 Å². The van der Waals surface area contributed by atoms with Gasteiger partial charge in [0.25, 0.3) is 0 Å². The minimum atomic E-state index is 0.680. The van der Waals surface area contributed by atoms with Crippen molar-refractivity contribution in [2.45, 2.75) is 13.3 Å². The van der Waals surface area contributed by atoms with Crippen molar-refractivity contribution in [1.82, 2.24) is 0 Å². The summed E-state index contributed by atoms with van der Waals surface area (Å²) in [7, 11) is 2.10. The van der Waals surface area contributed by atoms with E-state index in [2.05, 4.69) is 61.3 Å². The van der Waals surface area contributed by atoms with Crippen LogP contribution in [0.5, 0.6) is 0 Å². The van der Waals surface area contributed by atoms with E-state index in [1.54, 1.807) is 0 Å². The molecule has 0 aliphatic rings. The third kappa shape index (κ3) is 2.71. The fraction of sp³-hybridized carbons (Fsp3) is 0.250. The SMILES string of the molecule is Cc1ccc(N(C)c2ccccc2)c(CCN)c1. The van der Waals surface area contributed by atoms with Crippen LogP contribution in [0.4, 0.5) is 11.4 Å². The van der Waals surface area contributed by atoms with Crippen LogP contribution in [0.15, 0.2) is 48.5 Å². The second-order valence-corrected chi connectivity index (χ2v) is 4.57. The van der Waals surface area contributed by atoms with E-state index in [0.29, 0.717) is 6.54 Å². The van der Waals surface area contributed by atoms with E-state index in [1.807, 2.05) is 6.07 Å². The van der Waals surface area contributed by atoms with Crippen molar-refractivity contribution in [2.24, 2.45) is 5.73 Å². The average molecular weight is 240 g/mol. The lowest BCUT2D eigenvalue weighted by Crippen LogP contribution is -2.13. The molecule has 0 aliphatic heterocycles. The first-order valence-electron chi connectivity index (χ1n) is 6.30. The van der Waals surface area contributed by atoms with Crippen molar-refractivity contribution in [3.8, 4) is 0 Å². The molecule has 0 fully saturated rings. The second-order valence-electron chi connectivity index (χ2n) is 4.57. The van der Waals surface area contributed by atoms with Crippen LogP contribution in [0.25, 0.3) is 0 Å². The summed E-state index contributed by atoms with van der Waals surface area (Å²) in [6.45, 7) is 2.80. The van der Waals surface area contributed by atoms with Crippen LogP contribution in [-0.2, 0) is 6.42 Å². The van der Waals surface area contributed by atoms with Gasteiger partial charge >= 0.3 is 0 Å². The van der Waals surface area contributed by atoms with E-state index in [0.717, 1.165) is 6.42 Å². The van der Waals surface area contributed by atoms with Crippen molar-refractivity contribution in [3.05, 3.63) is 59.7 Å². The molecule has 0 amide bonds. The number of nitrogens with zero attached hydrogens (tertiary/aromatic N) is 1. The van der Waals surface area contributed by atoms with Crippen LogP contribution < -0.4 is 10.6 Å². The normalized spacial score (nSPS) is 10.4. The van der Waals surface area contributed by atoms with Gasteiger partial charge in [-0.1, -0.05) is 35.9 Å². The predicted molar refractivity (Wildman–Crippen MR) is 78.4 cm³/mol. The molecule has 2 N–H and O–H groups in total. The summed E-state index contributed by atoms with van der Waals surface area (Å²) in [4.78, 5) is 2.21.